The van der Waals surface area contributed by atoms with E-state index in [-0.39, 0.29) is 11.7 Å². The molecule has 2 aliphatic heterocycles. The number of carbonyl (C=O) groups excluding carboxylic acids is 2. The smallest absolute Gasteiger partial charge is 0.224 e. The fourth-order valence-electron chi connectivity index (χ4n) is 4.13. The summed E-state index contributed by atoms with van der Waals surface area (Å²) in [6, 6.07) is 19.7. The third-order valence-electron chi connectivity index (χ3n) is 5.78. The molecule has 0 spiro atoms. The Hall–Kier alpha value is -2.98. The van der Waals surface area contributed by atoms with Crippen molar-refractivity contribution in [2.24, 2.45) is 0 Å². The van der Waals surface area contributed by atoms with Crippen molar-refractivity contribution < 1.29 is 9.59 Å². The van der Waals surface area contributed by atoms with Gasteiger partial charge in [0.2, 0.25) is 5.91 Å². The van der Waals surface area contributed by atoms with Crippen LogP contribution in [-0.2, 0) is 9.59 Å². The van der Waals surface area contributed by atoms with Crippen molar-refractivity contribution in [3.05, 3.63) is 82.9 Å². The van der Waals surface area contributed by atoms with Gasteiger partial charge in [0.25, 0.3) is 0 Å². The number of likely N-dealkylation sites (tertiary alicyclic amines) is 2. The number of piperidine rings is 1. The Morgan fingerprint density at radius 2 is 1.30 bits per heavy atom. The number of rotatable bonds is 5. The van der Waals surface area contributed by atoms with E-state index in [9.17, 15) is 9.59 Å². The lowest BCUT2D eigenvalue weighted by atomic mass is 9.94. The molecule has 4 nitrogen and oxygen atoms in total. The third-order valence-corrected chi connectivity index (χ3v) is 5.78. The Bertz CT molecular complexity index is 880. The molecule has 0 N–H and O–H groups in total. The van der Waals surface area contributed by atoms with Crippen LogP contribution < -0.4 is 0 Å². The van der Waals surface area contributed by atoms with Crippen LogP contribution in [0.3, 0.4) is 0 Å². The molecule has 30 heavy (non-hydrogen) atoms. The summed E-state index contributed by atoms with van der Waals surface area (Å²) >= 11 is 0. The molecule has 2 saturated heterocycles. The van der Waals surface area contributed by atoms with Gasteiger partial charge in [0.1, 0.15) is 0 Å². The molecule has 0 atom stereocenters. The molecule has 4 heteroatoms. The summed E-state index contributed by atoms with van der Waals surface area (Å²) in [6.45, 7) is 3.73. The molecule has 2 aromatic carbocycles. The number of hydrogen-bond acceptors (Lipinski definition) is 3. The first-order valence-corrected chi connectivity index (χ1v) is 10.7. The van der Waals surface area contributed by atoms with Crippen LogP contribution in [0.25, 0.3) is 12.2 Å². The predicted octanol–water partition coefficient (Wildman–Crippen LogP) is 4.05. The van der Waals surface area contributed by atoms with E-state index in [0.717, 1.165) is 30.8 Å². The second-order valence-corrected chi connectivity index (χ2v) is 8.04. The molecule has 0 aliphatic carbocycles. The average molecular weight is 401 g/mol. The van der Waals surface area contributed by atoms with Crippen LogP contribution in [0.15, 0.2) is 71.8 Å². The molecule has 2 heterocycles. The number of hydrogen-bond donors (Lipinski definition) is 0. The minimum Gasteiger partial charge on any atom is -0.334 e. The predicted molar refractivity (Wildman–Crippen MR) is 121 cm³/mol. The van der Waals surface area contributed by atoms with E-state index in [0.29, 0.717) is 30.7 Å². The fourth-order valence-corrected chi connectivity index (χ4v) is 4.13. The number of amides is 1. The van der Waals surface area contributed by atoms with Gasteiger partial charge >= 0.3 is 0 Å². The monoisotopic (exact) mass is 400 g/mol. The Kier molecular flexibility index (Phi) is 6.55. The summed E-state index contributed by atoms with van der Waals surface area (Å²) in [5.74, 6) is 0.152. The number of ketones is 1. The van der Waals surface area contributed by atoms with Gasteiger partial charge in [-0.05, 0) is 49.2 Å². The highest BCUT2D eigenvalue weighted by atomic mass is 16.2. The summed E-state index contributed by atoms with van der Waals surface area (Å²) in [4.78, 5) is 30.4. The summed E-state index contributed by atoms with van der Waals surface area (Å²) in [7, 11) is 0. The van der Waals surface area contributed by atoms with Gasteiger partial charge in [-0.15, -0.1) is 0 Å². The van der Waals surface area contributed by atoms with Crippen molar-refractivity contribution in [3.63, 3.8) is 0 Å². The molecule has 0 radical (unpaired) electrons. The largest absolute Gasteiger partial charge is 0.334 e. The van der Waals surface area contributed by atoms with Crippen molar-refractivity contribution in [1.29, 1.82) is 0 Å². The van der Waals surface area contributed by atoms with E-state index in [2.05, 4.69) is 4.90 Å². The maximum Gasteiger partial charge on any atom is 0.224 e. The normalized spacial score (nSPS) is 20.3. The number of Topliss-reactive ketones (excluding diaryl/α,β-unsaturated/α-hetero) is 1. The van der Waals surface area contributed by atoms with Gasteiger partial charge in [-0.1, -0.05) is 60.7 Å². The van der Waals surface area contributed by atoms with Gasteiger partial charge in [-0.3, -0.25) is 9.59 Å². The Labute approximate surface area is 178 Å². The van der Waals surface area contributed by atoms with Crippen LogP contribution in [0.5, 0.6) is 0 Å². The molecule has 2 aliphatic rings. The van der Waals surface area contributed by atoms with Crippen LogP contribution in [0.4, 0.5) is 0 Å². The lowest BCUT2D eigenvalue weighted by molar-refractivity contribution is -0.131. The van der Waals surface area contributed by atoms with Crippen molar-refractivity contribution in [3.8, 4) is 0 Å². The first kappa shape index (κ1) is 20.3. The highest BCUT2D eigenvalue weighted by Gasteiger charge is 2.29. The second kappa shape index (κ2) is 9.68. The van der Waals surface area contributed by atoms with E-state index in [1.165, 1.54) is 12.8 Å². The highest BCUT2D eigenvalue weighted by Crippen LogP contribution is 2.23. The molecule has 0 aromatic heterocycles. The average Bonchev–Trinajstić information content (AvgIpc) is 3.30. The Balaban J connectivity index is 1.57. The van der Waals surface area contributed by atoms with E-state index in [1.807, 2.05) is 77.7 Å². The van der Waals surface area contributed by atoms with Gasteiger partial charge < -0.3 is 9.80 Å². The maximum absolute atomic E-state index is 13.2. The van der Waals surface area contributed by atoms with Crippen molar-refractivity contribution >= 4 is 23.8 Å². The summed E-state index contributed by atoms with van der Waals surface area (Å²) < 4.78 is 0. The molecular weight excluding hydrogens is 372 g/mol. The van der Waals surface area contributed by atoms with E-state index < -0.39 is 0 Å². The first-order chi connectivity index (χ1) is 14.7. The van der Waals surface area contributed by atoms with Crippen molar-refractivity contribution in [1.82, 2.24) is 9.80 Å². The van der Waals surface area contributed by atoms with Crippen molar-refractivity contribution in [2.45, 2.75) is 19.3 Å². The molecule has 4 rings (SSSR count). The zero-order valence-corrected chi connectivity index (χ0v) is 17.3. The minimum absolute atomic E-state index is 0.0336. The summed E-state index contributed by atoms with van der Waals surface area (Å²) in [5.41, 5.74) is 3.30. The van der Waals surface area contributed by atoms with Gasteiger partial charge in [0.05, 0.1) is 0 Å². The van der Waals surface area contributed by atoms with Crippen LogP contribution in [0.1, 0.15) is 30.4 Å². The van der Waals surface area contributed by atoms with Crippen LogP contribution >= 0.6 is 0 Å². The van der Waals surface area contributed by atoms with Gasteiger partial charge in [0, 0.05) is 37.2 Å². The highest BCUT2D eigenvalue weighted by molar-refractivity contribution is 6.15. The van der Waals surface area contributed by atoms with E-state index in [4.69, 9.17) is 0 Å². The molecular formula is C26H28N2O2. The second-order valence-electron chi connectivity index (χ2n) is 8.04. The molecule has 2 fully saturated rings. The standard InChI is InChI=1S/C26H28N2O2/c29-25(13-16-27-14-7-8-15-27)28-19-23(17-21-9-3-1-4-10-21)26(30)24(20-28)18-22-11-5-2-6-12-22/h1-6,9-12,17-18H,7-8,13-16,19-20H2/b23-17+,24-18+. The number of benzene rings is 2. The Morgan fingerprint density at radius 1 is 0.800 bits per heavy atom. The van der Waals surface area contributed by atoms with Gasteiger partial charge in [-0.2, -0.15) is 0 Å². The summed E-state index contributed by atoms with van der Waals surface area (Å²) in [6.07, 6.45) is 6.79. The van der Waals surface area contributed by atoms with Gasteiger partial charge in [0.15, 0.2) is 5.78 Å². The number of carbonyl (C=O) groups is 2. The van der Waals surface area contributed by atoms with E-state index in [1.54, 1.807) is 0 Å². The quantitative estimate of drug-likeness (QED) is 0.711. The molecule has 0 bridgehead atoms. The van der Waals surface area contributed by atoms with Gasteiger partial charge in [-0.25, -0.2) is 0 Å². The van der Waals surface area contributed by atoms with Crippen LogP contribution in [0, 0.1) is 0 Å². The number of nitrogens with zero attached hydrogens (tertiary/aromatic N) is 2. The molecule has 154 valence electrons. The lowest BCUT2D eigenvalue weighted by Crippen LogP contribution is -2.42. The molecule has 0 saturated carbocycles. The van der Waals surface area contributed by atoms with E-state index >= 15 is 0 Å². The lowest BCUT2D eigenvalue weighted by Gasteiger charge is -2.30. The zero-order chi connectivity index (χ0) is 20.8. The molecule has 0 unspecified atom stereocenters. The third kappa shape index (κ3) is 5.14. The topological polar surface area (TPSA) is 40.6 Å². The Morgan fingerprint density at radius 3 is 1.80 bits per heavy atom. The van der Waals surface area contributed by atoms with Crippen LogP contribution in [0.2, 0.25) is 0 Å². The first-order valence-electron chi connectivity index (χ1n) is 10.7. The zero-order valence-electron chi connectivity index (χ0n) is 17.3. The minimum atomic E-state index is 0.0336. The maximum atomic E-state index is 13.2. The SMILES string of the molecule is O=C1/C(=C/c2ccccc2)CN(C(=O)CCN2CCCC2)C/C1=C\c1ccccc1. The van der Waals surface area contributed by atoms with Crippen LogP contribution in [-0.4, -0.2) is 54.2 Å². The fraction of sp³-hybridized carbons (Fsp3) is 0.308. The molecule has 1 amide bonds. The molecule has 2 aromatic rings. The van der Waals surface area contributed by atoms with Crippen molar-refractivity contribution in [2.75, 3.05) is 32.7 Å². The summed E-state index contributed by atoms with van der Waals surface area (Å²) in [5, 5.41) is 0.